The molecule has 2 aromatic carbocycles. The first-order valence-electron chi connectivity index (χ1n) is 8.33. The van der Waals surface area contributed by atoms with Gasteiger partial charge in [0, 0.05) is 11.6 Å². The lowest BCUT2D eigenvalue weighted by Crippen LogP contribution is -2.32. The van der Waals surface area contributed by atoms with Crippen LogP contribution in [-0.2, 0) is 9.59 Å². The van der Waals surface area contributed by atoms with Gasteiger partial charge in [0.1, 0.15) is 17.3 Å². The summed E-state index contributed by atoms with van der Waals surface area (Å²) in [5, 5.41) is 5.92. The van der Waals surface area contributed by atoms with E-state index in [1.807, 2.05) is 13.8 Å². The number of para-hydroxylation sites is 1. The molecule has 2 N–H and O–H groups in total. The van der Waals surface area contributed by atoms with Crippen LogP contribution in [0, 0.1) is 5.82 Å². The number of hydrazone groups is 1. The molecular weight excluding hydrogens is 353 g/mol. The summed E-state index contributed by atoms with van der Waals surface area (Å²) in [5.74, 6) is -1.53. The number of hydrogen-bond donors (Lipinski definition) is 2. The van der Waals surface area contributed by atoms with Gasteiger partial charge in [-0.15, -0.1) is 0 Å². The fourth-order valence-corrected chi connectivity index (χ4v) is 2.11. The second-order valence-electron chi connectivity index (χ2n) is 5.20. The van der Waals surface area contributed by atoms with Crippen LogP contribution in [0.25, 0.3) is 0 Å². The van der Waals surface area contributed by atoms with Crippen LogP contribution in [0.1, 0.15) is 19.4 Å². The summed E-state index contributed by atoms with van der Waals surface area (Å²) in [6.07, 6.45) is 1.34. The van der Waals surface area contributed by atoms with Crippen molar-refractivity contribution in [3.05, 3.63) is 53.8 Å². The van der Waals surface area contributed by atoms with Crippen molar-refractivity contribution in [1.29, 1.82) is 0 Å². The highest BCUT2D eigenvalue weighted by Gasteiger charge is 2.14. The van der Waals surface area contributed by atoms with E-state index in [0.717, 1.165) is 0 Å². The SMILES string of the molecule is CCOc1ccc(/C=N\NC(=O)C(=O)Nc2ccccc2F)c(OCC)c1. The van der Waals surface area contributed by atoms with E-state index in [1.54, 1.807) is 18.2 Å². The Kier molecular flexibility index (Phi) is 7.30. The van der Waals surface area contributed by atoms with E-state index in [0.29, 0.717) is 30.3 Å². The normalized spacial score (nSPS) is 10.5. The number of rotatable bonds is 7. The number of anilines is 1. The van der Waals surface area contributed by atoms with Gasteiger partial charge >= 0.3 is 11.8 Å². The Bertz CT molecular complexity index is 839. The summed E-state index contributed by atoms with van der Waals surface area (Å²) in [5.41, 5.74) is 2.59. The molecule has 0 heterocycles. The molecule has 27 heavy (non-hydrogen) atoms. The number of nitrogens with zero attached hydrogens (tertiary/aromatic N) is 1. The van der Waals surface area contributed by atoms with Crippen LogP contribution in [0.15, 0.2) is 47.6 Å². The summed E-state index contributed by atoms with van der Waals surface area (Å²) < 4.78 is 24.4. The first-order chi connectivity index (χ1) is 13.0. The average molecular weight is 373 g/mol. The van der Waals surface area contributed by atoms with Crippen LogP contribution in [0.5, 0.6) is 11.5 Å². The van der Waals surface area contributed by atoms with Gasteiger partial charge in [0.2, 0.25) is 0 Å². The Hall–Kier alpha value is -3.42. The number of carbonyl (C=O) groups excluding carboxylic acids is 2. The molecule has 0 aliphatic rings. The molecule has 7 nitrogen and oxygen atoms in total. The first-order valence-corrected chi connectivity index (χ1v) is 8.33. The van der Waals surface area contributed by atoms with Gasteiger partial charge in [-0.05, 0) is 38.1 Å². The highest BCUT2D eigenvalue weighted by Crippen LogP contribution is 2.23. The van der Waals surface area contributed by atoms with Gasteiger partial charge in [-0.1, -0.05) is 12.1 Å². The number of amides is 2. The topological polar surface area (TPSA) is 89.0 Å². The van der Waals surface area contributed by atoms with Crippen LogP contribution in [0.4, 0.5) is 10.1 Å². The third kappa shape index (κ3) is 5.81. The summed E-state index contributed by atoms with van der Waals surface area (Å²) in [6.45, 7) is 4.67. The van der Waals surface area contributed by atoms with Crippen molar-refractivity contribution >= 4 is 23.7 Å². The number of ether oxygens (including phenoxy) is 2. The quantitative estimate of drug-likeness (QED) is 0.444. The maximum Gasteiger partial charge on any atom is 0.329 e. The van der Waals surface area contributed by atoms with Crippen LogP contribution in [0.3, 0.4) is 0 Å². The fourth-order valence-electron chi connectivity index (χ4n) is 2.11. The van der Waals surface area contributed by atoms with Crippen molar-refractivity contribution in [3.63, 3.8) is 0 Å². The van der Waals surface area contributed by atoms with Crippen LogP contribution >= 0.6 is 0 Å². The van der Waals surface area contributed by atoms with E-state index >= 15 is 0 Å². The highest BCUT2D eigenvalue weighted by atomic mass is 19.1. The standard InChI is InChI=1S/C19H20FN3O4/c1-3-26-14-10-9-13(17(11-14)27-4-2)12-21-23-19(25)18(24)22-16-8-6-5-7-15(16)20/h5-12H,3-4H2,1-2H3,(H,22,24)(H,23,25)/b21-12-. The fraction of sp³-hybridized carbons (Fsp3) is 0.211. The van der Waals surface area contributed by atoms with E-state index in [4.69, 9.17) is 9.47 Å². The maximum absolute atomic E-state index is 13.5. The average Bonchev–Trinajstić information content (AvgIpc) is 2.65. The van der Waals surface area contributed by atoms with E-state index in [2.05, 4.69) is 15.8 Å². The van der Waals surface area contributed by atoms with Crippen molar-refractivity contribution in [2.45, 2.75) is 13.8 Å². The molecule has 0 aliphatic heterocycles. The van der Waals surface area contributed by atoms with Crippen molar-refractivity contribution in [1.82, 2.24) is 5.43 Å². The Labute approximate surface area is 156 Å². The molecule has 0 saturated carbocycles. The number of halogens is 1. The summed E-state index contributed by atoms with van der Waals surface area (Å²) >= 11 is 0. The van der Waals surface area contributed by atoms with Crippen molar-refractivity contribution in [3.8, 4) is 11.5 Å². The van der Waals surface area contributed by atoms with Gasteiger partial charge in [0.15, 0.2) is 0 Å². The molecule has 0 atom stereocenters. The van der Waals surface area contributed by atoms with Gasteiger partial charge in [0.05, 0.1) is 25.1 Å². The lowest BCUT2D eigenvalue weighted by molar-refractivity contribution is -0.136. The van der Waals surface area contributed by atoms with Gasteiger partial charge < -0.3 is 14.8 Å². The molecule has 0 unspecified atom stereocenters. The lowest BCUT2D eigenvalue weighted by Gasteiger charge is -2.10. The number of carbonyl (C=O) groups is 2. The summed E-state index contributed by atoms with van der Waals surface area (Å²) in [6, 6.07) is 10.7. The Morgan fingerprint density at radius 1 is 1.07 bits per heavy atom. The number of benzene rings is 2. The zero-order valence-corrected chi connectivity index (χ0v) is 15.0. The smallest absolute Gasteiger partial charge is 0.329 e. The van der Waals surface area contributed by atoms with E-state index in [1.165, 1.54) is 30.5 Å². The Balaban J connectivity index is 2.00. The molecule has 0 radical (unpaired) electrons. The van der Waals surface area contributed by atoms with Crippen LogP contribution in [-0.4, -0.2) is 31.2 Å². The van der Waals surface area contributed by atoms with E-state index in [9.17, 15) is 14.0 Å². The first kappa shape index (κ1) is 19.9. The predicted octanol–water partition coefficient (Wildman–Crippen LogP) is 2.71. The lowest BCUT2D eigenvalue weighted by atomic mass is 10.2. The third-order valence-corrected chi connectivity index (χ3v) is 3.29. The van der Waals surface area contributed by atoms with Crippen LogP contribution in [0.2, 0.25) is 0 Å². The minimum absolute atomic E-state index is 0.0909. The summed E-state index contributed by atoms with van der Waals surface area (Å²) in [4.78, 5) is 23.6. The molecule has 0 aliphatic carbocycles. The molecule has 2 amide bonds. The molecule has 0 fully saturated rings. The third-order valence-electron chi connectivity index (χ3n) is 3.29. The van der Waals surface area contributed by atoms with Gasteiger partial charge in [-0.25, -0.2) is 9.82 Å². The second-order valence-corrected chi connectivity index (χ2v) is 5.20. The van der Waals surface area contributed by atoms with Crippen molar-refractivity contribution in [2.24, 2.45) is 5.10 Å². The molecular formula is C19H20FN3O4. The molecule has 0 saturated heterocycles. The van der Waals surface area contributed by atoms with Gasteiger partial charge in [0.25, 0.3) is 0 Å². The molecule has 0 spiro atoms. The number of hydrogen-bond acceptors (Lipinski definition) is 5. The minimum Gasteiger partial charge on any atom is -0.494 e. The van der Waals surface area contributed by atoms with Crippen LogP contribution < -0.4 is 20.2 Å². The molecule has 0 bridgehead atoms. The predicted molar refractivity (Wildman–Crippen MR) is 99.5 cm³/mol. The molecule has 2 aromatic rings. The van der Waals surface area contributed by atoms with E-state index in [-0.39, 0.29) is 5.69 Å². The van der Waals surface area contributed by atoms with Gasteiger partial charge in [-0.2, -0.15) is 5.10 Å². The van der Waals surface area contributed by atoms with Crippen molar-refractivity contribution < 1.29 is 23.5 Å². The van der Waals surface area contributed by atoms with E-state index < -0.39 is 17.6 Å². The largest absolute Gasteiger partial charge is 0.494 e. The van der Waals surface area contributed by atoms with Gasteiger partial charge in [-0.3, -0.25) is 9.59 Å². The van der Waals surface area contributed by atoms with Crippen molar-refractivity contribution in [2.75, 3.05) is 18.5 Å². The molecule has 0 aromatic heterocycles. The summed E-state index contributed by atoms with van der Waals surface area (Å²) in [7, 11) is 0. The molecule has 8 heteroatoms. The monoisotopic (exact) mass is 373 g/mol. The Morgan fingerprint density at radius 3 is 2.52 bits per heavy atom. The second kappa shape index (κ2) is 9.91. The number of nitrogens with one attached hydrogen (secondary N) is 2. The Morgan fingerprint density at radius 2 is 1.81 bits per heavy atom. The maximum atomic E-state index is 13.5. The highest BCUT2D eigenvalue weighted by molar-refractivity contribution is 6.39. The zero-order chi connectivity index (χ0) is 19.6. The molecule has 2 rings (SSSR count). The molecule has 142 valence electrons. The zero-order valence-electron chi connectivity index (χ0n) is 15.0. The minimum atomic E-state index is -1.03.